The van der Waals surface area contributed by atoms with Crippen LogP contribution >= 0.6 is 35.7 Å². The molecule has 1 atom stereocenters. The molecule has 2 aromatic rings. The summed E-state index contributed by atoms with van der Waals surface area (Å²) in [5.41, 5.74) is -0.0324. The molecule has 0 bridgehead atoms. The van der Waals surface area contributed by atoms with Crippen LogP contribution in [0.3, 0.4) is 0 Å². The number of aromatic nitrogens is 1. The molecule has 0 aliphatic carbocycles. The zero-order chi connectivity index (χ0) is 18.6. The Morgan fingerprint density at radius 1 is 1.48 bits per heavy atom. The fourth-order valence-corrected chi connectivity index (χ4v) is 3.44. The van der Waals surface area contributed by atoms with Crippen LogP contribution in [0.1, 0.15) is 16.1 Å². The van der Waals surface area contributed by atoms with Crippen LogP contribution in [0.25, 0.3) is 0 Å². The summed E-state index contributed by atoms with van der Waals surface area (Å²) in [4.78, 5) is 22.8. The van der Waals surface area contributed by atoms with E-state index in [1.807, 2.05) is 0 Å². The van der Waals surface area contributed by atoms with E-state index < -0.39 is 11.3 Å². The van der Waals surface area contributed by atoms with Crippen molar-refractivity contribution < 1.29 is 14.3 Å². The quantitative estimate of drug-likeness (QED) is 0.351. The van der Waals surface area contributed by atoms with Gasteiger partial charge in [-0.1, -0.05) is 18.3 Å². The van der Waals surface area contributed by atoms with Gasteiger partial charge in [-0.2, -0.15) is 0 Å². The van der Waals surface area contributed by atoms with E-state index in [1.165, 1.54) is 52.3 Å². The van der Waals surface area contributed by atoms with Crippen molar-refractivity contribution in [3.8, 4) is 0 Å². The van der Waals surface area contributed by atoms with Gasteiger partial charge in [-0.3, -0.25) is 14.7 Å². The Labute approximate surface area is 158 Å². The van der Waals surface area contributed by atoms with E-state index in [0.29, 0.717) is 26.3 Å². The van der Waals surface area contributed by atoms with Crippen molar-refractivity contribution >= 4 is 51.8 Å². The summed E-state index contributed by atoms with van der Waals surface area (Å²) in [6.45, 7) is 3.72. The van der Waals surface area contributed by atoms with Gasteiger partial charge < -0.3 is 5.11 Å². The van der Waals surface area contributed by atoms with Crippen molar-refractivity contribution in [2.45, 2.75) is 5.44 Å². The first-order chi connectivity index (χ1) is 11.8. The van der Waals surface area contributed by atoms with Crippen LogP contribution < -0.4 is 4.90 Å². The fourth-order valence-electron chi connectivity index (χ4n) is 1.78. The molecule has 0 saturated heterocycles. The second kappa shape index (κ2) is 8.61. The summed E-state index contributed by atoms with van der Waals surface area (Å²) in [5, 5.41) is 12.2. The minimum absolute atomic E-state index is 0.293. The van der Waals surface area contributed by atoms with E-state index >= 15 is 0 Å². The Balaban J connectivity index is 2.17. The number of carbonyl (C=O) groups is 1. The number of amides is 1. The Bertz CT molecular complexity index is 803. The second-order valence-electron chi connectivity index (χ2n) is 4.86. The van der Waals surface area contributed by atoms with Gasteiger partial charge in [-0.05, 0) is 24.3 Å². The zero-order valence-corrected chi connectivity index (χ0v) is 16.0. The molecule has 1 aromatic carbocycles. The summed E-state index contributed by atoms with van der Waals surface area (Å²) in [7, 11) is 3.20. The van der Waals surface area contributed by atoms with Crippen LogP contribution in [0.5, 0.6) is 0 Å². The Morgan fingerprint density at radius 2 is 2.12 bits per heavy atom. The third kappa shape index (κ3) is 4.91. The van der Waals surface area contributed by atoms with E-state index in [0.717, 1.165) is 0 Å². The van der Waals surface area contributed by atoms with Gasteiger partial charge >= 0.3 is 0 Å². The molecule has 1 amide bonds. The highest BCUT2D eigenvalue weighted by atomic mass is 32.2. The lowest BCUT2D eigenvalue weighted by atomic mass is 10.2. The highest BCUT2D eigenvalue weighted by molar-refractivity contribution is 8.18. The third-order valence-corrected chi connectivity index (χ3v) is 5.59. The molecule has 0 radical (unpaired) electrons. The van der Waals surface area contributed by atoms with E-state index in [-0.39, 0.29) is 5.91 Å². The van der Waals surface area contributed by atoms with Crippen molar-refractivity contribution in [3.05, 3.63) is 58.2 Å². The van der Waals surface area contributed by atoms with Gasteiger partial charge in [0, 0.05) is 29.9 Å². The molecule has 5 nitrogen and oxygen atoms in total. The average Bonchev–Trinajstić information content (AvgIpc) is 3.08. The number of hydrogen-bond donors (Lipinski definition) is 2. The van der Waals surface area contributed by atoms with Crippen molar-refractivity contribution in [1.82, 2.24) is 4.98 Å². The number of carbonyl (C=O) groups excluding carboxylic acids is 1. The zero-order valence-electron chi connectivity index (χ0n) is 13.5. The lowest BCUT2D eigenvalue weighted by Crippen LogP contribution is -2.26. The topological polar surface area (TPSA) is 65.8 Å². The summed E-state index contributed by atoms with van der Waals surface area (Å²) in [6, 6.07) is 5.33. The van der Waals surface area contributed by atoms with Crippen molar-refractivity contribution in [1.29, 1.82) is 0 Å². The predicted molar refractivity (Wildman–Crippen MR) is 105 cm³/mol. The van der Waals surface area contributed by atoms with Crippen LogP contribution in [-0.4, -0.2) is 40.6 Å². The van der Waals surface area contributed by atoms with Crippen LogP contribution in [0.15, 0.2) is 46.1 Å². The smallest absolute Gasteiger partial charge is 0.259 e. The number of aliphatic hydroxyl groups excluding tert-OH is 1. The van der Waals surface area contributed by atoms with Crippen LogP contribution in [0, 0.1) is 5.82 Å². The molecule has 0 fully saturated rings. The number of aliphatic hydroxyl groups is 1. The number of rotatable bonds is 5. The Hall–Kier alpha value is -1.68. The third-order valence-electron chi connectivity index (χ3n) is 3.11. The van der Waals surface area contributed by atoms with Gasteiger partial charge in [0.2, 0.25) is 0 Å². The largest absolute Gasteiger partial charge is 0.378 e. The number of thioether (sulfide) groups is 1. The van der Waals surface area contributed by atoms with Crippen molar-refractivity contribution in [3.63, 3.8) is 0 Å². The SMILES string of the molecule is C=C(SC(=NC)c1csc(N(C)C(=O)c2ccc(F)cc2)n1)C(O)S. The van der Waals surface area contributed by atoms with Gasteiger partial charge in [0.1, 0.15) is 22.0 Å². The Kier molecular flexibility index (Phi) is 6.77. The molecule has 25 heavy (non-hydrogen) atoms. The number of thiazole rings is 1. The van der Waals surface area contributed by atoms with E-state index in [2.05, 4.69) is 29.2 Å². The Morgan fingerprint density at radius 3 is 2.68 bits per heavy atom. The molecular weight excluding hydrogens is 381 g/mol. The minimum Gasteiger partial charge on any atom is -0.378 e. The number of hydrogen-bond acceptors (Lipinski definition) is 7. The number of thiol groups is 1. The number of nitrogens with zero attached hydrogens (tertiary/aromatic N) is 3. The first-order valence-corrected chi connectivity index (χ1v) is 9.23. The number of aliphatic imine (C=N–C) groups is 1. The van der Waals surface area contributed by atoms with Crippen molar-refractivity contribution in [2.75, 3.05) is 19.0 Å². The molecule has 1 aromatic heterocycles. The van der Waals surface area contributed by atoms with Crippen LogP contribution in [-0.2, 0) is 0 Å². The summed E-state index contributed by atoms with van der Waals surface area (Å²) >= 11 is 6.36. The van der Waals surface area contributed by atoms with Gasteiger partial charge in [-0.15, -0.1) is 24.0 Å². The second-order valence-corrected chi connectivity index (χ2v) is 7.30. The highest BCUT2D eigenvalue weighted by Gasteiger charge is 2.19. The summed E-state index contributed by atoms with van der Waals surface area (Å²) < 4.78 is 13.0. The number of anilines is 1. The highest BCUT2D eigenvalue weighted by Crippen LogP contribution is 2.28. The van der Waals surface area contributed by atoms with E-state index in [4.69, 9.17) is 0 Å². The predicted octanol–water partition coefficient (Wildman–Crippen LogP) is 3.43. The molecule has 1 N–H and O–H groups in total. The van der Waals surface area contributed by atoms with Gasteiger partial charge in [-0.25, -0.2) is 9.37 Å². The van der Waals surface area contributed by atoms with Gasteiger partial charge in [0.15, 0.2) is 5.13 Å². The molecule has 2 rings (SSSR count). The first-order valence-electron chi connectivity index (χ1n) is 7.02. The van der Waals surface area contributed by atoms with Gasteiger partial charge in [0.25, 0.3) is 5.91 Å². The molecular formula is C16H16FN3O2S3. The maximum Gasteiger partial charge on any atom is 0.259 e. The fraction of sp³-hybridized carbons (Fsp3) is 0.188. The number of benzene rings is 1. The summed E-state index contributed by atoms with van der Waals surface area (Å²) in [6.07, 6.45) is 0. The molecule has 132 valence electrons. The molecule has 0 aliphatic heterocycles. The standard InChI is InChI=1S/C16H16FN3O2S3/c1-9(15(22)23)25-13(18-2)12-8-24-16(19-12)20(3)14(21)10-4-6-11(17)7-5-10/h4-8,15,22-23H,1H2,2-3H3. The minimum atomic E-state index is -0.970. The maximum atomic E-state index is 13.0. The van der Waals surface area contributed by atoms with Crippen LogP contribution in [0.4, 0.5) is 9.52 Å². The first kappa shape index (κ1) is 19.6. The summed E-state index contributed by atoms with van der Waals surface area (Å²) in [5.74, 6) is -0.693. The molecule has 1 unspecified atom stereocenters. The lowest BCUT2D eigenvalue weighted by molar-refractivity contribution is 0.0993. The lowest BCUT2D eigenvalue weighted by Gasteiger charge is -2.13. The molecule has 1 heterocycles. The molecule has 0 saturated carbocycles. The van der Waals surface area contributed by atoms with E-state index in [1.54, 1.807) is 19.5 Å². The van der Waals surface area contributed by atoms with E-state index in [9.17, 15) is 14.3 Å². The molecule has 0 spiro atoms. The maximum absolute atomic E-state index is 13.0. The van der Waals surface area contributed by atoms with Gasteiger partial charge in [0.05, 0.1) is 0 Å². The van der Waals surface area contributed by atoms with Crippen LogP contribution in [0.2, 0.25) is 0 Å². The monoisotopic (exact) mass is 397 g/mol. The number of halogens is 1. The molecule has 0 aliphatic rings. The normalized spacial score (nSPS) is 12.8. The molecule has 9 heteroatoms. The average molecular weight is 398 g/mol. The van der Waals surface area contributed by atoms with Crippen molar-refractivity contribution in [2.24, 2.45) is 4.99 Å².